The van der Waals surface area contributed by atoms with Gasteiger partial charge in [0.2, 0.25) is 0 Å². The van der Waals surface area contributed by atoms with Crippen molar-refractivity contribution in [2.24, 2.45) is 0 Å². The van der Waals surface area contributed by atoms with Gasteiger partial charge >= 0.3 is 0 Å². The zero-order valence-corrected chi connectivity index (χ0v) is 14.4. The average molecular weight is 337 g/mol. The van der Waals surface area contributed by atoms with Gasteiger partial charge in [0.1, 0.15) is 0 Å². The summed E-state index contributed by atoms with van der Waals surface area (Å²) in [6.45, 7) is 0. The number of benzene rings is 2. The number of halogens is 1. The molecule has 0 bridgehead atoms. The predicted octanol–water partition coefficient (Wildman–Crippen LogP) is 6.30. The predicted molar refractivity (Wildman–Crippen MR) is 103 cm³/mol. The van der Waals surface area contributed by atoms with Crippen LogP contribution in [-0.2, 0) is 0 Å². The summed E-state index contributed by atoms with van der Waals surface area (Å²) in [7, 11) is 0. The first-order valence-corrected chi connectivity index (χ1v) is 9.10. The second-order valence-electron chi connectivity index (χ2n) is 6.56. The van der Waals surface area contributed by atoms with Crippen molar-refractivity contribution in [3.05, 3.63) is 59.6 Å². The largest absolute Gasteiger partial charge is 0.382 e. The summed E-state index contributed by atoms with van der Waals surface area (Å²) in [5.74, 6) is 0. The smallest absolute Gasteiger partial charge is 0.0730 e. The van der Waals surface area contributed by atoms with Crippen molar-refractivity contribution >= 4 is 28.2 Å². The van der Waals surface area contributed by atoms with Crippen molar-refractivity contribution in [2.45, 2.75) is 38.1 Å². The summed E-state index contributed by atoms with van der Waals surface area (Å²) in [5, 5.41) is 5.72. The van der Waals surface area contributed by atoms with Crippen molar-refractivity contribution in [1.29, 1.82) is 0 Å². The normalized spacial score (nSPS) is 15.5. The fourth-order valence-corrected chi connectivity index (χ4v) is 3.66. The first kappa shape index (κ1) is 15.5. The molecule has 122 valence electrons. The highest BCUT2D eigenvalue weighted by Crippen LogP contribution is 2.31. The molecule has 0 saturated heterocycles. The van der Waals surface area contributed by atoms with Crippen LogP contribution in [0.25, 0.3) is 22.2 Å². The first-order chi connectivity index (χ1) is 11.8. The summed E-state index contributed by atoms with van der Waals surface area (Å²) in [5.41, 5.74) is 4.31. The van der Waals surface area contributed by atoms with Crippen LogP contribution < -0.4 is 5.32 Å². The number of anilines is 1. The van der Waals surface area contributed by atoms with Crippen LogP contribution >= 0.6 is 11.6 Å². The first-order valence-electron chi connectivity index (χ1n) is 8.72. The van der Waals surface area contributed by atoms with Crippen molar-refractivity contribution in [1.82, 2.24) is 4.98 Å². The zero-order valence-electron chi connectivity index (χ0n) is 13.6. The van der Waals surface area contributed by atoms with Crippen LogP contribution in [0.1, 0.15) is 32.1 Å². The number of fused-ring (bicyclic) bond motifs is 1. The van der Waals surface area contributed by atoms with E-state index in [0.29, 0.717) is 6.04 Å². The fourth-order valence-electron chi connectivity index (χ4n) is 3.53. The minimum atomic E-state index is 0.572. The highest BCUT2D eigenvalue weighted by Gasteiger charge is 2.15. The lowest BCUT2D eigenvalue weighted by Gasteiger charge is -2.25. The molecule has 2 aromatic carbocycles. The molecule has 0 atom stereocenters. The summed E-state index contributed by atoms with van der Waals surface area (Å²) >= 11 is 6.02. The molecule has 3 heteroatoms. The number of hydrogen-bond donors (Lipinski definition) is 1. The molecule has 1 aromatic heterocycles. The van der Waals surface area contributed by atoms with Crippen LogP contribution in [0.4, 0.5) is 5.69 Å². The third-order valence-corrected chi connectivity index (χ3v) is 5.07. The molecular weight excluding hydrogens is 316 g/mol. The lowest BCUT2D eigenvalue weighted by Crippen LogP contribution is -2.22. The number of nitrogens with one attached hydrogen (secondary N) is 1. The molecule has 0 aliphatic heterocycles. The van der Waals surface area contributed by atoms with E-state index in [-0.39, 0.29) is 0 Å². The molecule has 0 spiro atoms. The molecule has 24 heavy (non-hydrogen) atoms. The lowest BCUT2D eigenvalue weighted by atomic mass is 9.95. The van der Waals surface area contributed by atoms with E-state index in [1.165, 1.54) is 43.2 Å². The Balaban J connectivity index is 1.76. The van der Waals surface area contributed by atoms with Gasteiger partial charge in [0.05, 0.1) is 11.2 Å². The molecule has 2 nitrogen and oxygen atoms in total. The van der Waals surface area contributed by atoms with Crippen molar-refractivity contribution < 1.29 is 0 Å². The van der Waals surface area contributed by atoms with Crippen LogP contribution in [0.15, 0.2) is 54.6 Å². The maximum Gasteiger partial charge on any atom is 0.0730 e. The maximum absolute atomic E-state index is 6.02. The van der Waals surface area contributed by atoms with Crippen molar-refractivity contribution in [3.8, 4) is 11.3 Å². The van der Waals surface area contributed by atoms with Gasteiger partial charge in [-0.15, -0.1) is 0 Å². The van der Waals surface area contributed by atoms with Crippen molar-refractivity contribution in [2.75, 3.05) is 5.32 Å². The van der Waals surface area contributed by atoms with Gasteiger partial charge in [-0.25, -0.2) is 4.98 Å². The molecule has 0 amide bonds. The Hall–Kier alpha value is -2.06. The van der Waals surface area contributed by atoms with Gasteiger partial charge in [-0.3, -0.25) is 0 Å². The molecule has 1 aliphatic rings. The molecule has 0 radical (unpaired) electrons. The summed E-state index contributed by atoms with van der Waals surface area (Å²) in [6.07, 6.45) is 6.53. The zero-order chi connectivity index (χ0) is 16.4. The van der Waals surface area contributed by atoms with E-state index < -0.39 is 0 Å². The molecular formula is C21H21ClN2. The highest BCUT2D eigenvalue weighted by molar-refractivity contribution is 6.30. The molecule has 4 rings (SSSR count). The van der Waals surface area contributed by atoms with E-state index in [9.17, 15) is 0 Å². The third-order valence-electron chi connectivity index (χ3n) is 4.82. The van der Waals surface area contributed by atoms with Gasteiger partial charge in [-0.05, 0) is 37.1 Å². The van der Waals surface area contributed by atoms with Crippen LogP contribution in [-0.4, -0.2) is 11.0 Å². The van der Waals surface area contributed by atoms with Gasteiger partial charge in [-0.1, -0.05) is 61.2 Å². The molecule has 1 saturated carbocycles. The van der Waals surface area contributed by atoms with Gasteiger partial charge in [0.25, 0.3) is 0 Å². The van der Waals surface area contributed by atoms with E-state index in [1.807, 2.05) is 30.3 Å². The van der Waals surface area contributed by atoms with E-state index in [2.05, 4.69) is 29.6 Å². The van der Waals surface area contributed by atoms with Crippen LogP contribution in [0.5, 0.6) is 0 Å². The van der Waals surface area contributed by atoms with Gasteiger partial charge in [0.15, 0.2) is 0 Å². The van der Waals surface area contributed by atoms with Crippen LogP contribution in [0.2, 0.25) is 5.02 Å². The second-order valence-corrected chi connectivity index (χ2v) is 6.99. The van der Waals surface area contributed by atoms with E-state index in [1.54, 1.807) is 0 Å². The van der Waals surface area contributed by atoms with Gasteiger partial charge in [0, 0.05) is 27.7 Å². The molecule has 1 aliphatic carbocycles. The Labute approximate surface area is 147 Å². The second kappa shape index (κ2) is 6.82. The maximum atomic E-state index is 6.02. The monoisotopic (exact) mass is 336 g/mol. The lowest BCUT2D eigenvalue weighted by molar-refractivity contribution is 0.463. The summed E-state index contributed by atoms with van der Waals surface area (Å²) in [6, 6.07) is 19.0. The summed E-state index contributed by atoms with van der Waals surface area (Å²) < 4.78 is 0. The topological polar surface area (TPSA) is 24.9 Å². The van der Waals surface area contributed by atoms with Crippen LogP contribution in [0, 0.1) is 0 Å². The number of pyridine rings is 1. The molecule has 1 heterocycles. The molecule has 3 aromatic rings. The number of rotatable bonds is 3. The quantitative estimate of drug-likeness (QED) is 0.607. The Morgan fingerprint density at radius 1 is 0.917 bits per heavy atom. The number of nitrogens with zero attached hydrogens (tertiary/aromatic N) is 1. The Kier molecular flexibility index (Phi) is 4.40. The standard InChI is InChI=1S/C21H21ClN2/c22-16-12-10-15(11-13-16)20-14-21(23-17-6-2-1-3-7-17)18-8-4-5-9-19(18)24-20/h4-5,8-14,17H,1-3,6-7H2,(H,23,24). The minimum Gasteiger partial charge on any atom is -0.382 e. The minimum absolute atomic E-state index is 0.572. The Morgan fingerprint density at radius 3 is 2.46 bits per heavy atom. The molecule has 1 fully saturated rings. The number of hydrogen-bond acceptors (Lipinski definition) is 2. The average Bonchev–Trinajstić information content (AvgIpc) is 2.63. The number of para-hydroxylation sites is 1. The van der Waals surface area contributed by atoms with Gasteiger partial charge < -0.3 is 5.32 Å². The molecule has 1 N–H and O–H groups in total. The summed E-state index contributed by atoms with van der Waals surface area (Å²) in [4.78, 5) is 4.85. The van der Waals surface area contributed by atoms with Crippen molar-refractivity contribution in [3.63, 3.8) is 0 Å². The molecule has 0 unspecified atom stereocenters. The van der Waals surface area contributed by atoms with Gasteiger partial charge in [-0.2, -0.15) is 0 Å². The fraction of sp³-hybridized carbons (Fsp3) is 0.286. The SMILES string of the molecule is Clc1ccc(-c2cc(NC3CCCCC3)c3ccccc3n2)cc1. The van der Waals surface area contributed by atoms with E-state index in [4.69, 9.17) is 16.6 Å². The highest BCUT2D eigenvalue weighted by atomic mass is 35.5. The van der Waals surface area contributed by atoms with Crippen LogP contribution in [0.3, 0.4) is 0 Å². The van der Waals surface area contributed by atoms with E-state index in [0.717, 1.165) is 21.8 Å². The Bertz CT molecular complexity index is 836. The number of aromatic nitrogens is 1. The Morgan fingerprint density at radius 2 is 1.67 bits per heavy atom. The van der Waals surface area contributed by atoms with E-state index >= 15 is 0 Å². The third kappa shape index (κ3) is 3.25.